The van der Waals surface area contributed by atoms with Crippen molar-refractivity contribution in [2.24, 2.45) is 0 Å². The highest BCUT2D eigenvalue weighted by molar-refractivity contribution is 5.53. The molecule has 0 aliphatic carbocycles. The number of aryl methyl sites for hydroxylation is 1. The number of nitrogens with zero attached hydrogens (tertiary/aromatic N) is 2. The molecule has 1 aromatic rings. The zero-order valence-corrected chi connectivity index (χ0v) is 12.9. The van der Waals surface area contributed by atoms with Crippen LogP contribution >= 0.6 is 0 Å². The number of benzene rings is 1. The Morgan fingerprint density at radius 2 is 2.05 bits per heavy atom. The molecule has 4 nitrogen and oxygen atoms in total. The molecule has 0 spiro atoms. The maximum absolute atomic E-state index is 5.42. The van der Waals surface area contributed by atoms with E-state index < -0.39 is 0 Å². The van der Waals surface area contributed by atoms with Gasteiger partial charge in [-0.3, -0.25) is 4.90 Å². The van der Waals surface area contributed by atoms with Gasteiger partial charge in [0.05, 0.1) is 20.3 Å². The number of ether oxygens (including phenoxy) is 2. The standard InChI is InChI=1S/C16H26N2O2/c1-4-18(8-7-17-9-11-20-12-10-17)15-6-5-14(2)16(13-15)19-3/h5-6,13H,4,7-12H2,1-3H3. The third-order valence-corrected chi connectivity index (χ3v) is 3.93. The molecule has 0 radical (unpaired) electrons. The van der Waals surface area contributed by atoms with Crippen molar-refractivity contribution in [2.45, 2.75) is 13.8 Å². The molecule has 1 aliphatic heterocycles. The second-order valence-corrected chi connectivity index (χ2v) is 5.19. The van der Waals surface area contributed by atoms with E-state index in [2.05, 4.69) is 41.8 Å². The highest BCUT2D eigenvalue weighted by Crippen LogP contribution is 2.24. The van der Waals surface area contributed by atoms with Crippen LogP contribution in [0.15, 0.2) is 18.2 Å². The van der Waals surface area contributed by atoms with E-state index in [1.54, 1.807) is 7.11 Å². The molecule has 1 aromatic carbocycles. The number of morpholine rings is 1. The minimum absolute atomic E-state index is 0.866. The van der Waals surface area contributed by atoms with Gasteiger partial charge in [-0.05, 0) is 25.5 Å². The molecular weight excluding hydrogens is 252 g/mol. The fourth-order valence-electron chi connectivity index (χ4n) is 2.56. The predicted octanol–water partition coefficient (Wildman–Crippen LogP) is 2.16. The molecule has 0 saturated carbocycles. The van der Waals surface area contributed by atoms with Crippen LogP contribution in [0.25, 0.3) is 0 Å². The number of hydrogen-bond acceptors (Lipinski definition) is 4. The summed E-state index contributed by atoms with van der Waals surface area (Å²) in [5.41, 5.74) is 2.42. The van der Waals surface area contributed by atoms with Crippen molar-refractivity contribution in [3.8, 4) is 5.75 Å². The lowest BCUT2D eigenvalue weighted by molar-refractivity contribution is 0.0392. The molecule has 2 rings (SSSR count). The Labute approximate surface area is 122 Å². The normalized spacial score (nSPS) is 16.1. The summed E-state index contributed by atoms with van der Waals surface area (Å²) >= 11 is 0. The first kappa shape index (κ1) is 15.1. The van der Waals surface area contributed by atoms with Gasteiger partial charge in [-0.25, -0.2) is 0 Å². The van der Waals surface area contributed by atoms with Crippen LogP contribution in [0.5, 0.6) is 5.75 Å². The number of hydrogen-bond donors (Lipinski definition) is 0. The van der Waals surface area contributed by atoms with Gasteiger partial charge in [-0.2, -0.15) is 0 Å². The minimum Gasteiger partial charge on any atom is -0.496 e. The Morgan fingerprint density at radius 1 is 1.30 bits per heavy atom. The maximum Gasteiger partial charge on any atom is 0.123 e. The van der Waals surface area contributed by atoms with Crippen LogP contribution < -0.4 is 9.64 Å². The first-order chi connectivity index (χ1) is 9.74. The van der Waals surface area contributed by atoms with Crippen LogP contribution in [-0.2, 0) is 4.74 Å². The van der Waals surface area contributed by atoms with Crippen LogP contribution in [-0.4, -0.2) is 57.9 Å². The van der Waals surface area contributed by atoms with E-state index in [1.165, 1.54) is 11.3 Å². The smallest absolute Gasteiger partial charge is 0.123 e. The summed E-state index contributed by atoms with van der Waals surface area (Å²) in [6, 6.07) is 6.45. The van der Waals surface area contributed by atoms with Gasteiger partial charge < -0.3 is 14.4 Å². The lowest BCUT2D eigenvalue weighted by Crippen LogP contribution is -2.41. The number of methoxy groups -OCH3 is 1. The number of likely N-dealkylation sites (N-methyl/N-ethyl adjacent to an activating group) is 1. The fourth-order valence-corrected chi connectivity index (χ4v) is 2.56. The largest absolute Gasteiger partial charge is 0.496 e. The summed E-state index contributed by atoms with van der Waals surface area (Å²) in [4.78, 5) is 4.87. The van der Waals surface area contributed by atoms with E-state index in [-0.39, 0.29) is 0 Å². The molecule has 0 bridgehead atoms. The lowest BCUT2D eigenvalue weighted by Gasteiger charge is -2.30. The number of anilines is 1. The van der Waals surface area contributed by atoms with Crippen LogP contribution in [0.3, 0.4) is 0 Å². The van der Waals surface area contributed by atoms with Crippen molar-refractivity contribution < 1.29 is 9.47 Å². The lowest BCUT2D eigenvalue weighted by atomic mass is 10.2. The van der Waals surface area contributed by atoms with E-state index >= 15 is 0 Å². The molecule has 1 heterocycles. The Kier molecular flexibility index (Phi) is 5.68. The van der Waals surface area contributed by atoms with Gasteiger partial charge in [-0.1, -0.05) is 6.07 Å². The summed E-state index contributed by atoms with van der Waals surface area (Å²) in [7, 11) is 1.73. The van der Waals surface area contributed by atoms with Crippen molar-refractivity contribution >= 4 is 5.69 Å². The summed E-state index contributed by atoms with van der Waals surface area (Å²) in [5, 5.41) is 0. The molecule has 4 heteroatoms. The molecule has 20 heavy (non-hydrogen) atoms. The molecule has 112 valence electrons. The third-order valence-electron chi connectivity index (χ3n) is 3.93. The van der Waals surface area contributed by atoms with Crippen LogP contribution in [0.4, 0.5) is 5.69 Å². The van der Waals surface area contributed by atoms with E-state index in [4.69, 9.17) is 9.47 Å². The first-order valence-electron chi connectivity index (χ1n) is 7.44. The minimum atomic E-state index is 0.866. The fraction of sp³-hybridized carbons (Fsp3) is 0.625. The molecule has 1 fully saturated rings. The monoisotopic (exact) mass is 278 g/mol. The van der Waals surface area contributed by atoms with E-state index in [1.807, 2.05) is 0 Å². The summed E-state index contributed by atoms with van der Waals surface area (Å²) in [6.45, 7) is 11.3. The Bertz CT molecular complexity index is 417. The topological polar surface area (TPSA) is 24.9 Å². The van der Waals surface area contributed by atoms with Gasteiger partial charge in [0.1, 0.15) is 5.75 Å². The van der Waals surface area contributed by atoms with Crippen LogP contribution in [0.1, 0.15) is 12.5 Å². The molecule has 0 atom stereocenters. The second kappa shape index (κ2) is 7.50. The zero-order chi connectivity index (χ0) is 14.4. The predicted molar refractivity (Wildman–Crippen MR) is 82.9 cm³/mol. The van der Waals surface area contributed by atoms with Crippen molar-refractivity contribution in [2.75, 3.05) is 57.9 Å². The van der Waals surface area contributed by atoms with Gasteiger partial charge in [0, 0.05) is 44.5 Å². The van der Waals surface area contributed by atoms with Crippen molar-refractivity contribution in [1.82, 2.24) is 4.90 Å². The quantitative estimate of drug-likeness (QED) is 0.796. The van der Waals surface area contributed by atoms with Crippen LogP contribution in [0, 0.1) is 6.92 Å². The highest BCUT2D eigenvalue weighted by Gasteiger charge is 2.12. The molecule has 0 N–H and O–H groups in total. The molecule has 0 amide bonds. The molecular formula is C16H26N2O2. The first-order valence-corrected chi connectivity index (χ1v) is 7.44. The van der Waals surface area contributed by atoms with Gasteiger partial charge >= 0.3 is 0 Å². The van der Waals surface area contributed by atoms with Crippen molar-refractivity contribution in [3.63, 3.8) is 0 Å². The Morgan fingerprint density at radius 3 is 2.70 bits per heavy atom. The molecule has 1 saturated heterocycles. The summed E-state index contributed by atoms with van der Waals surface area (Å²) in [5.74, 6) is 0.965. The average Bonchev–Trinajstić information content (AvgIpc) is 2.50. The van der Waals surface area contributed by atoms with Crippen LogP contribution in [0.2, 0.25) is 0 Å². The van der Waals surface area contributed by atoms with Gasteiger partial charge in [0.2, 0.25) is 0 Å². The SMILES string of the molecule is CCN(CCN1CCOCC1)c1ccc(C)c(OC)c1. The summed E-state index contributed by atoms with van der Waals surface area (Å²) in [6.07, 6.45) is 0. The molecule has 1 aliphatic rings. The van der Waals surface area contributed by atoms with E-state index in [0.29, 0.717) is 0 Å². The highest BCUT2D eigenvalue weighted by atomic mass is 16.5. The van der Waals surface area contributed by atoms with E-state index in [0.717, 1.165) is 51.7 Å². The third kappa shape index (κ3) is 3.87. The molecule has 0 aromatic heterocycles. The zero-order valence-electron chi connectivity index (χ0n) is 12.9. The second-order valence-electron chi connectivity index (χ2n) is 5.19. The molecule has 0 unspecified atom stereocenters. The summed E-state index contributed by atoms with van der Waals surface area (Å²) < 4.78 is 10.8. The Hall–Kier alpha value is -1.26. The number of rotatable bonds is 6. The van der Waals surface area contributed by atoms with Crippen molar-refractivity contribution in [1.29, 1.82) is 0 Å². The maximum atomic E-state index is 5.42. The van der Waals surface area contributed by atoms with Gasteiger partial charge in [-0.15, -0.1) is 0 Å². The average molecular weight is 278 g/mol. The van der Waals surface area contributed by atoms with Gasteiger partial charge in [0.25, 0.3) is 0 Å². The van der Waals surface area contributed by atoms with E-state index in [9.17, 15) is 0 Å². The Balaban J connectivity index is 1.96. The van der Waals surface area contributed by atoms with Gasteiger partial charge in [0.15, 0.2) is 0 Å². The van der Waals surface area contributed by atoms with Crippen molar-refractivity contribution in [3.05, 3.63) is 23.8 Å².